The van der Waals surface area contributed by atoms with Crippen LogP contribution >= 0.6 is 0 Å². The van der Waals surface area contributed by atoms with Crippen LogP contribution in [0.4, 0.5) is 20.2 Å². The van der Waals surface area contributed by atoms with Gasteiger partial charge >= 0.3 is 0 Å². The lowest BCUT2D eigenvalue weighted by molar-refractivity contribution is -0.128. The van der Waals surface area contributed by atoms with Crippen LogP contribution in [0.1, 0.15) is 37.9 Å². The number of pyridine rings is 3. The normalized spacial score (nSPS) is 17.7. The molecule has 6 rings (SSSR count). The molecule has 1 amide bonds. The third kappa shape index (κ3) is 5.47. The molecular weight excluding hydrogens is 616 g/mol. The van der Waals surface area contributed by atoms with Crippen molar-refractivity contribution in [2.75, 3.05) is 56.6 Å². The highest BCUT2D eigenvalue weighted by Crippen LogP contribution is 2.43. The molecule has 252 valence electrons. The van der Waals surface area contributed by atoms with Crippen molar-refractivity contribution in [3.05, 3.63) is 82.4 Å². The summed E-state index contributed by atoms with van der Waals surface area (Å²) in [4.78, 5) is 45.3. The highest BCUT2D eigenvalue weighted by atomic mass is 19.1. The van der Waals surface area contributed by atoms with E-state index in [1.807, 2.05) is 57.7 Å². The number of phenols is 1. The fourth-order valence-corrected chi connectivity index (χ4v) is 7.01. The number of piperazine rings is 1. The summed E-state index contributed by atoms with van der Waals surface area (Å²) >= 11 is 0. The lowest BCUT2D eigenvalue weighted by Crippen LogP contribution is -2.64. The molecule has 0 bridgehead atoms. The van der Waals surface area contributed by atoms with Gasteiger partial charge in [-0.25, -0.2) is 13.8 Å². The molecule has 5 heterocycles. The van der Waals surface area contributed by atoms with Gasteiger partial charge in [0.1, 0.15) is 22.9 Å². The third-order valence-electron chi connectivity index (χ3n) is 9.36. The Labute approximate surface area is 278 Å². The Morgan fingerprint density at radius 2 is 1.88 bits per heavy atom. The minimum absolute atomic E-state index is 0.0843. The summed E-state index contributed by atoms with van der Waals surface area (Å²) < 4.78 is 33.1. The first-order valence-electron chi connectivity index (χ1n) is 16.2. The van der Waals surface area contributed by atoms with Gasteiger partial charge in [0.25, 0.3) is 5.56 Å². The fraction of sp³-hybridized carbons (Fsp3) is 0.389. The van der Waals surface area contributed by atoms with Gasteiger partial charge < -0.3 is 24.7 Å². The van der Waals surface area contributed by atoms with Crippen LogP contribution in [0.3, 0.4) is 0 Å². The first-order chi connectivity index (χ1) is 22.8. The number of rotatable bonds is 7. The molecule has 10 nitrogen and oxygen atoms in total. The predicted octanol–water partition coefficient (Wildman–Crippen LogP) is 4.84. The Hall–Kier alpha value is -4.84. The van der Waals surface area contributed by atoms with Crippen LogP contribution in [0.25, 0.3) is 28.0 Å². The van der Waals surface area contributed by atoms with Crippen molar-refractivity contribution in [1.29, 1.82) is 0 Å². The number of halogens is 2. The number of carbonyl (C=O) groups excluding carboxylic acids is 1. The molecule has 0 aliphatic carbocycles. The van der Waals surface area contributed by atoms with E-state index in [0.29, 0.717) is 60.9 Å². The van der Waals surface area contributed by atoms with Crippen LogP contribution < -0.4 is 15.4 Å². The maximum absolute atomic E-state index is 16.4. The van der Waals surface area contributed by atoms with Gasteiger partial charge in [-0.2, -0.15) is 0 Å². The molecule has 1 N–H and O–H groups in total. The molecule has 0 saturated carbocycles. The SMILES string of the molecule is C=CC(=O)N1CC2CN(CCN(C)C)c3c(c4cc(F)c(-c5c(O)cccc5F)nc4n(-c4c(C)ccnc4C(C)C)c3=O)N2CC1C. The van der Waals surface area contributed by atoms with E-state index in [1.165, 1.54) is 28.8 Å². The number of likely N-dealkylation sites (N-methyl/N-ethyl adjacent to an activating group) is 1. The molecule has 2 atom stereocenters. The summed E-state index contributed by atoms with van der Waals surface area (Å²) in [5.74, 6) is -2.43. The van der Waals surface area contributed by atoms with Crippen molar-refractivity contribution in [1.82, 2.24) is 24.3 Å². The van der Waals surface area contributed by atoms with Gasteiger partial charge in [0.05, 0.1) is 28.7 Å². The highest BCUT2D eigenvalue weighted by molar-refractivity contribution is 6.00. The minimum atomic E-state index is -0.849. The Kier molecular flexibility index (Phi) is 8.71. The first-order valence-corrected chi connectivity index (χ1v) is 16.2. The zero-order valence-electron chi connectivity index (χ0n) is 28.2. The van der Waals surface area contributed by atoms with E-state index in [-0.39, 0.29) is 35.1 Å². The molecule has 1 saturated heterocycles. The monoisotopic (exact) mass is 657 g/mol. The van der Waals surface area contributed by atoms with E-state index >= 15 is 13.6 Å². The number of aromatic nitrogens is 3. The van der Waals surface area contributed by atoms with Gasteiger partial charge in [-0.15, -0.1) is 0 Å². The molecule has 0 radical (unpaired) electrons. The maximum atomic E-state index is 16.4. The average Bonchev–Trinajstić information content (AvgIpc) is 3.03. The van der Waals surface area contributed by atoms with E-state index in [2.05, 4.69) is 16.5 Å². The van der Waals surface area contributed by atoms with E-state index in [1.54, 1.807) is 11.1 Å². The minimum Gasteiger partial charge on any atom is -0.507 e. The lowest BCUT2D eigenvalue weighted by Gasteiger charge is -2.52. The Morgan fingerprint density at radius 1 is 1.12 bits per heavy atom. The maximum Gasteiger partial charge on any atom is 0.282 e. The predicted molar refractivity (Wildman–Crippen MR) is 184 cm³/mol. The van der Waals surface area contributed by atoms with Crippen LogP contribution in [0.5, 0.6) is 5.75 Å². The summed E-state index contributed by atoms with van der Waals surface area (Å²) in [6, 6.07) is 6.37. The second-order valence-electron chi connectivity index (χ2n) is 13.3. The van der Waals surface area contributed by atoms with E-state index in [4.69, 9.17) is 4.98 Å². The molecule has 2 unspecified atom stereocenters. The Balaban J connectivity index is 1.74. The molecule has 0 spiro atoms. The number of amides is 1. The van der Waals surface area contributed by atoms with Gasteiger partial charge in [-0.1, -0.05) is 26.5 Å². The third-order valence-corrected chi connectivity index (χ3v) is 9.36. The smallest absolute Gasteiger partial charge is 0.282 e. The van der Waals surface area contributed by atoms with Crippen molar-refractivity contribution in [3.63, 3.8) is 0 Å². The largest absolute Gasteiger partial charge is 0.507 e. The number of carbonyl (C=O) groups is 1. The quantitative estimate of drug-likeness (QED) is 0.282. The van der Waals surface area contributed by atoms with Crippen LogP contribution in [0.2, 0.25) is 0 Å². The fourth-order valence-electron chi connectivity index (χ4n) is 7.01. The van der Waals surface area contributed by atoms with Crippen molar-refractivity contribution in [3.8, 4) is 22.7 Å². The number of hydrogen-bond acceptors (Lipinski definition) is 8. The van der Waals surface area contributed by atoms with Crippen molar-refractivity contribution in [2.45, 2.75) is 45.7 Å². The first kappa shape index (κ1) is 33.1. The Morgan fingerprint density at radius 3 is 2.54 bits per heavy atom. The molecule has 2 aliphatic rings. The number of hydrogen-bond donors (Lipinski definition) is 1. The van der Waals surface area contributed by atoms with E-state index in [0.717, 1.165) is 11.6 Å². The number of nitrogens with zero attached hydrogens (tertiary/aromatic N) is 7. The van der Waals surface area contributed by atoms with Crippen LogP contribution in [0.15, 0.2) is 54.0 Å². The van der Waals surface area contributed by atoms with E-state index < -0.39 is 28.6 Å². The summed E-state index contributed by atoms with van der Waals surface area (Å²) in [5, 5.41) is 11.0. The molecule has 1 aromatic carbocycles. The molecule has 2 aliphatic heterocycles. The standard InChI is InChI=1S/C36H41F2N7O3/c1-8-28(47)43-19-23-18-42(15-14-41(6)7)34-33(44(23)17-22(43)5)24-16-26(38)31(29-25(37)10-9-11-27(29)46)40-35(24)45(36(34)48)32-21(4)12-13-39-30(32)20(2)3/h8-13,16,20,22-23,46H,1,14-15,17-19H2,2-7H3. The average molecular weight is 658 g/mol. The second kappa shape index (κ2) is 12.6. The molecular formula is C36H41F2N7O3. The number of benzene rings is 1. The van der Waals surface area contributed by atoms with Gasteiger partial charge in [-0.05, 0) is 69.8 Å². The van der Waals surface area contributed by atoms with Crippen LogP contribution in [-0.4, -0.2) is 94.3 Å². The number of anilines is 2. The zero-order valence-corrected chi connectivity index (χ0v) is 28.2. The summed E-state index contributed by atoms with van der Waals surface area (Å²) in [7, 11) is 3.91. The lowest BCUT2D eigenvalue weighted by atomic mass is 9.98. The van der Waals surface area contributed by atoms with Crippen molar-refractivity contribution < 1.29 is 18.7 Å². The van der Waals surface area contributed by atoms with Crippen molar-refractivity contribution in [2.24, 2.45) is 0 Å². The number of aromatic hydroxyl groups is 1. The molecule has 1 fully saturated rings. The van der Waals surface area contributed by atoms with E-state index in [9.17, 15) is 9.90 Å². The number of phenolic OH excluding ortho intramolecular Hbond substituents is 1. The molecule has 4 aromatic rings. The zero-order chi connectivity index (χ0) is 34.6. The van der Waals surface area contributed by atoms with Gasteiger partial charge in [0, 0.05) is 50.3 Å². The molecule has 12 heteroatoms. The summed E-state index contributed by atoms with van der Waals surface area (Å²) in [6.45, 7) is 13.8. The van der Waals surface area contributed by atoms with Crippen molar-refractivity contribution >= 4 is 28.3 Å². The van der Waals surface area contributed by atoms with Gasteiger partial charge in [0.15, 0.2) is 11.5 Å². The highest BCUT2D eigenvalue weighted by Gasteiger charge is 2.42. The molecule has 48 heavy (non-hydrogen) atoms. The summed E-state index contributed by atoms with van der Waals surface area (Å²) in [5.41, 5.74) is 1.79. The van der Waals surface area contributed by atoms with Gasteiger partial charge in [-0.3, -0.25) is 19.1 Å². The number of fused-ring (bicyclic) bond motifs is 5. The second-order valence-corrected chi connectivity index (χ2v) is 13.3. The van der Waals surface area contributed by atoms with Crippen LogP contribution in [0, 0.1) is 18.6 Å². The molecule has 3 aromatic heterocycles. The van der Waals surface area contributed by atoms with Crippen LogP contribution in [-0.2, 0) is 4.79 Å². The van der Waals surface area contributed by atoms with Gasteiger partial charge in [0.2, 0.25) is 5.91 Å². The summed E-state index contributed by atoms with van der Waals surface area (Å²) in [6.07, 6.45) is 3.00. The topological polar surface area (TPSA) is 98.0 Å². The number of aryl methyl sites for hydroxylation is 1. The Bertz CT molecular complexity index is 1970.